The molecule has 3 N–H and O–H groups in total. The SMILES string of the molecule is C=CCCCC(=O)N[C@H](C(=O)N[C@@H](C)C(=O)N1CCC[C@@H](C(=O)O[C@H](C)c2ccc3cnc(C=C)cc3c2)N1)C(C)C. The zero-order valence-corrected chi connectivity index (χ0v) is 25.0. The zero-order chi connectivity index (χ0) is 30.8. The third kappa shape index (κ3) is 8.72. The number of hydrazine groups is 1. The highest BCUT2D eigenvalue weighted by Gasteiger charge is 2.33. The highest BCUT2D eigenvalue weighted by atomic mass is 16.5. The van der Waals surface area contributed by atoms with Crippen molar-refractivity contribution >= 4 is 40.5 Å². The van der Waals surface area contributed by atoms with Crippen LogP contribution in [0.3, 0.4) is 0 Å². The predicted octanol–water partition coefficient (Wildman–Crippen LogP) is 3.98. The highest BCUT2D eigenvalue weighted by molar-refractivity contribution is 5.92. The van der Waals surface area contributed by atoms with Crippen LogP contribution in [0.5, 0.6) is 0 Å². The molecule has 1 aliphatic rings. The average Bonchev–Trinajstić information content (AvgIpc) is 2.98. The number of nitrogens with zero attached hydrogens (tertiary/aromatic N) is 2. The Bertz CT molecular complexity index is 1310. The Morgan fingerprint density at radius 3 is 2.57 bits per heavy atom. The number of carbonyl (C=O) groups excluding carboxylic acids is 4. The van der Waals surface area contributed by atoms with Gasteiger partial charge in [-0.2, -0.15) is 0 Å². The van der Waals surface area contributed by atoms with E-state index in [1.54, 1.807) is 32.2 Å². The maximum atomic E-state index is 13.2. The van der Waals surface area contributed by atoms with Crippen molar-refractivity contribution in [3.05, 3.63) is 61.0 Å². The van der Waals surface area contributed by atoms with Crippen LogP contribution in [0.15, 0.2) is 49.7 Å². The smallest absolute Gasteiger partial charge is 0.325 e. The lowest BCUT2D eigenvalue weighted by Crippen LogP contribution is -2.61. The summed E-state index contributed by atoms with van der Waals surface area (Å²) in [5, 5.41) is 8.80. The van der Waals surface area contributed by atoms with Crippen LogP contribution in [0.2, 0.25) is 0 Å². The van der Waals surface area contributed by atoms with E-state index in [9.17, 15) is 19.2 Å². The van der Waals surface area contributed by atoms with E-state index in [0.29, 0.717) is 38.6 Å². The second kappa shape index (κ2) is 15.3. The molecule has 1 aromatic heterocycles. The summed E-state index contributed by atoms with van der Waals surface area (Å²) in [7, 11) is 0. The van der Waals surface area contributed by atoms with Crippen LogP contribution in [0.4, 0.5) is 0 Å². The van der Waals surface area contributed by atoms with Gasteiger partial charge in [-0.15, -0.1) is 6.58 Å². The molecule has 42 heavy (non-hydrogen) atoms. The molecule has 0 aliphatic carbocycles. The molecule has 1 aliphatic heterocycles. The molecule has 3 amide bonds. The van der Waals surface area contributed by atoms with Crippen molar-refractivity contribution in [2.75, 3.05) is 6.54 Å². The molecular weight excluding hydrogens is 534 g/mol. The second-order valence-corrected chi connectivity index (χ2v) is 11.0. The molecule has 0 unspecified atom stereocenters. The first-order chi connectivity index (χ1) is 20.0. The number of fused-ring (bicyclic) bond motifs is 1. The molecule has 0 spiro atoms. The number of unbranched alkanes of at least 4 members (excludes halogenated alkanes) is 1. The van der Waals surface area contributed by atoms with Crippen LogP contribution in [-0.4, -0.2) is 58.4 Å². The second-order valence-electron chi connectivity index (χ2n) is 11.0. The van der Waals surface area contributed by atoms with Crippen molar-refractivity contribution in [2.45, 2.75) is 84.0 Å². The molecule has 10 nitrogen and oxygen atoms in total. The third-order valence-corrected chi connectivity index (χ3v) is 7.28. The van der Waals surface area contributed by atoms with Gasteiger partial charge in [0.1, 0.15) is 24.2 Å². The van der Waals surface area contributed by atoms with Crippen molar-refractivity contribution in [3.8, 4) is 0 Å². The van der Waals surface area contributed by atoms with E-state index in [1.165, 1.54) is 5.01 Å². The van der Waals surface area contributed by atoms with E-state index >= 15 is 0 Å². The number of rotatable bonds is 13. The number of aromatic nitrogens is 1. The highest BCUT2D eigenvalue weighted by Crippen LogP contribution is 2.24. The molecule has 1 fully saturated rings. The molecule has 0 bridgehead atoms. The lowest BCUT2D eigenvalue weighted by molar-refractivity contribution is -0.157. The molecule has 1 saturated heterocycles. The van der Waals surface area contributed by atoms with Crippen LogP contribution < -0.4 is 16.1 Å². The van der Waals surface area contributed by atoms with Crippen molar-refractivity contribution in [1.29, 1.82) is 0 Å². The largest absolute Gasteiger partial charge is 0.457 e. The Kier molecular flexibility index (Phi) is 11.8. The zero-order valence-electron chi connectivity index (χ0n) is 25.0. The number of amides is 3. The van der Waals surface area contributed by atoms with Crippen LogP contribution >= 0.6 is 0 Å². The fourth-order valence-corrected chi connectivity index (χ4v) is 4.77. The number of carbonyl (C=O) groups is 4. The Morgan fingerprint density at radius 2 is 1.88 bits per heavy atom. The topological polar surface area (TPSA) is 130 Å². The number of allylic oxidation sites excluding steroid dienone is 1. The first kappa shape index (κ1) is 32.5. The fourth-order valence-electron chi connectivity index (χ4n) is 4.77. The Hall–Kier alpha value is -4.05. The summed E-state index contributed by atoms with van der Waals surface area (Å²) in [5.41, 5.74) is 4.58. The molecule has 2 heterocycles. The van der Waals surface area contributed by atoms with Crippen LogP contribution in [0, 0.1) is 5.92 Å². The van der Waals surface area contributed by atoms with E-state index in [0.717, 1.165) is 22.0 Å². The first-order valence-corrected chi connectivity index (χ1v) is 14.5. The maximum absolute atomic E-state index is 13.2. The summed E-state index contributed by atoms with van der Waals surface area (Å²) in [6.45, 7) is 14.8. The average molecular weight is 578 g/mol. The third-order valence-electron chi connectivity index (χ3n) is 7.28. The van der Waals surface area contributed by atoms with Crippen LogP contribution in [0.1, 0.15) is 77.2 Å². The van der Waals surface area contributed by atoms with E-state index in [-0.39, 0.29) is 17.7 Å². The summed E-state index contributed by atoms with van der Waals surface area (Å²) in [5.74, 6) is -1.67. The Balaban J connectivity index is 1.56. The monoisotopic (exact) mass is 577 g/mol. The number of pyridine rings is 1. The normalized spacial score (nSPS) is 17.2. The summed E-state index contributed by atoms with van der Waals surface area (Å²) < 4.78 is 5.77. The van der Waals surface area contributed by atoms with Gasteiger partial charge in [0.2, 0.25) is 11.8 Å². The minimum atomic E-state index is -0.870. The van der Waals surface area contributed by atoms with Crippen molar-refractivity contribution in [2.24, 2.45) is 5.92 Å². The lowest BCUT2D eigenvalue weighted by Gasteiger charge is -2.35. The molecule has 3 rings (SSSR count). The summed E-state index contributed by atoms with van der Waals surface area (Å²) in [6.07, 6.45) is 7.45. The first-order valence-electron chi connectivity index (χ1n) is 14.5. The maximum Gasteiger partial charge on any atom is 0.325 e. The van der Waals surface area contributed by atoms with Crippen molar-refractivity contribution in [1.82, 2.24) is 26.1 Å². The van der Waals surface area contributed by atoms with Crippen LogP contribution in [-0.2, 0) is 23.9 Å². The Labute approximate surface area is 247 Å². The molecule has 226 valence electrons. The van der Waals surface area contributed by atoms with Gasteiger partial charge in [-0.25, -0.2) is 5.43 Å². The lowest BCUT2D eigenvalue weighted by atomic mass is 10.0. The fraction of sp³-hybridized carbons (Fsp3) is 0.469. The number of esters is 1. The summed E-state index contributed by atoms with van der Waals surface area (Å²) in [6, 6.07) is 5.37. The van der Waals surface area contributed by atoms with Crippen molar-refractivity contribution < 1.29 is 23.9 Å². The van der Waals surface area contributed by atoms with E-state index in [2.05, 4.69) is 34.2 Å². The van der Waals surface area contributed by atoms with Gasteiger partial charge in [-0.1, -0.05) is 38.6 Å². The summed E-state index contributed by atoms with van der Waals surface area (Å²) in [4.78, 5) is 55.8. The van der Waals surface area contributed by atoms with Gasteiger partial charge < -0.3 is 15.4 Å². The van der Waals surface area contributed by atoms with Gasteiger partial charge in [0.05, 0.1) is 5.69 Å². The van der Waals surface area contributed by atoms with Gasteiger partial charge in [0, 0.05) is 24.5 Å². The van der Waals surface area contributed by atoms with Crippen molar-refractivity contribution in [3.63, 3.8) is 0 Å². The van der Waals surface area contributed by atoms with Gasteiger partial charge >= 0.3 is 5.97 Å². The molecule has 1 aromatic carbocycles. The van der Waals surface area contributed by atoms with Gasteiger partial charge in [0.25, 0.3) is 5.91 Å². The van der Waals surface area contributed by atoms with E-state index < -0.39 is 36.1 Å². The molecule has 10 heteroatoms. The van der Waals surface area contributed by atoms with E-state index in [4.69, 9.17) is 4.74 Å². The summed E-state index contributed by atoms with van der Waals surface area (Å²) >= 11 is 0. The number of hydrogen-bond donors (Lipinski definition) is 3. The minimum absolute atomic E-state index is 0.173. The molecule has 0 saturated carbocycles. The quantitative estimate of drug-likeness (QED) is 0.187. The van der Waals surface area contributed by atoms with Gasteiger partial charge in [-0.05, 0) is 74.6 Å². The molecule has 2 aromatic rings. The molecule has 4 atom stereocenters. The van der Waals surface area contributed by atoms with Gasteiger partial charge in [-0.3, -0.25) is 29.2 Å². The standard InChI is InChI=1S/C32H43N5O5/c1-7-9-10-13-28(38)35-29(20(3)4)30(39)34-21(5)31(40)37-16-11-12-27(36-37)32(41)42-22(6)23-14-15-24-19-33-26(8-2)18-25(24)17-23/h7-8,14-15,17-22,27,29,36H,1-2,9-13,16H2,3-6H3,(H,34,39)(H,35,38)/t21-,22+,27-,29-/m0/s1. The number of hydrogen-bond acceptors (Lipinski definition) is 7. The van der Waals surface area contributed by atoms with E-state index in [1.807, 2.05) is 38.1 Å². The number of ether oxygens (including phenoxy) is 1. The minimum Gasteiger partial charge on any atom is -0.457 e. The van der Waals surface area contributed by atoms with Gasteiger partial charge in [0.15, 0.2) is 0 Å². The number of benzene rings is 1. The molecule has 0 radical (unpaired) electrons. The number of nitrogens with one attached hydrogen (secondary N) is 3. The predicted molar refractivity (Wildman–Crippen MR) is 163 cm³/mol. The Morgan fingerprint density at radius 1 is 1.12 bits per heavy atom. The molecular formula is C32H43N5O5. The van der Waals surface area contributed by atoms with Crippen LogP contribution in [0.25, 0.3) is 16.8 Å².